The van der Waals surface area contributed by atoms with Gasteiger partial charge >= 0.3 is 0 Å². The molecule has 13 heteroatoms. The Bertz CT molecular complexity index is 1660. The van der Waals surface area contributed by atoms with Gasteiger partial charge in [0.15, 0.2) is 0 Å². The first-order valence-electron chi connectivity index (χ1n) is 18.7. The van der Waals surface area contributed by atoms with Gasteiger partial charge in [-0.25, -0.2) is 13.1 Å². The Morgan fingerprint density at radius 3 is 2.46 bits per heavy atom. The monoisotopic (exact) mass is 757 g/mol. The van der Waals surface area contributed by atoms with E-state index in [2.05, 4.69) is 14.5 Å². The lowest BCUT2D eigenvalue weighted by Gasteiger charge is -2.31. The number of amides is 2. The largest absolute Gasteiger partial charge is 0.487 e. The fraction of sp³-hybridized carbons (Fsp3) is 0.590. The van der Waals surface area contributed by atoms with Crippen LogP contribution in [0.5, 0.6) is 5.75 Å². The number of rotatable bonds is 12. The minimum absolute atomic E-state index is 0.0517. The first-order chi connectivity index (χ1) is 24.9. The van der Waals surface area contributed by atoms with E-state index in [1.54, 1.807) is 25.1 Å². The molecule has 2 fully saturated rings. The fourth-order valence-corrected chi connectivity index (χ4v) is 8.50. The third-order valence-corrected chi connectivity index (χ3v) is 12.9. The minimum atomic E-state index is -4.01. The lowest BCUT2D eigenvalue weighted by atomic mass is 10.0. The summed E-state index contributed by atoms with van der Waals surface area (Å²) in [5.41, 5.74) is 3.20. The molecule has 0 saturated carbocycles. The van der Waals surface area contributed by atoms with Gasteiger partial charge in [0.2, 0.25) is 15.9 Å². The van der Waals surface area contributed by atoms with E-state index in [0.717, 1.165) is 95.8 Å². The van der Waals surface area contributed by atoms with Crippen LogP contribution in [0.25, 0.3) is 0 Å². The molecule has 11 nitrogen and oxygen atoms in total. The van der Waals surface area contributed by atoms with Gasteiger partial charge in [0, 0.05) is 57.4 Å². The van der Waals surface area contributed by atoms with E-state index < -0.39 is 21.2 Å². The number of hydrogen-bond acceptors (Lipinski definition) is 9. The molecule has 2 aromatic carbocycles. The summed E-state index contributed by atoms with van der Waals surface area (Å²) in [7, 11) is -0.203. The van der Waals surface area contributed by atoms with Gasteiger partial charge in [0.1, 0.15) is 18.4 Å². The standard InChI is InChI=1S/C39H56ClN5O6S/c1-29(10-9-12-35(45-18-7-8-19-45)39(47)43(4)20-21-44-22-24-50-25-23-44)30(2)52(48,49)41-38(46)32-14-16-37-36(27-32)42(3)17-6-5-11-31-26-34(40)15-13-33(31)28-51-37/h9,12-16,26-27,29-30,35H,5-8,10-11,17-25,28H2,1-4H3,(H,41,46)/b12-9+/t29-,30+,35+/m0/s1. The minimum Gasteiger partial charge on any atom is -0.487 e. The Morgan fingerprint density at radius 2 is 1.71 bits per heavy atom. The summed E-state index contributed by atoms with van der Waals surface area (Å²) in [6, 6.07) is 10.5. The molecule has 52 heavy (non-hydrogen) atoms. The smallest absolute Gasteiger partial charge is 0.264 e. The second kappa shape index (κ2) is 18.7. The van der Waals surface area contributed by atoms with Crippen LogP contribution in [0.4, 0.5) is 5.69 Å². The molecule has 3 aliphatic rings. The number of benzene rings is 2. The highest BCUT2D eigenvalue weighted by Gasteiger charge is 2.31. The number of anilines is 1. The van der Waals surface area contributed by atoms with Gasteiger partial charge in [-0.2, -0.15) is 0 Å². The molecule has 3 atom stereocenters. The number of nitrogens with one attached hydrogen (secondary N) is 1. The van der Waals surface area contributed by atoms with Crippen molar-refractivity contribution in [2.45, 2.75) is 70.3 Å². The van der Waals surface area contributed by atoms with E-state index in [1.165, 1.54) is 5.56 Å². The van der Waals surface area contributed by atoms with Crippen molar-refractivity contribution in [3.63, 3.8) is 0 Å². The number of fused-ring (bicyclic) bond motifs is 2. The maximum absolute atomic E-state index is 13.6. The summed E-state index contributed by atoms with van der Waals surface area (Å²) in [5.74, 6) is -0.317. The first kappa shape index (κ1) is 40.0. The highest BCUT2D eigenvalue weighted by molar-refractivity contribution is 7.90. The first-order valence-corrected chi connectivity index (χ1v) is 20.6. The van der Waals surface area contributed by atoms with Crippen LogP contribution in [-0.4, -0.2) is 119 Å². The summed E-state index contributed by atoms with van der Waals surface area (Å²) in [6.07, 6.45) is 9.21. The fourth-order valence-electron chi connectivity index (χ4n) is 7.02. The summed E-state index contributed by atoms with van der Waals surface area (Å²) in [4.78, 5) is 35.4. The normalized spacial score (nSPS) is 19.5. The van der Waals surface area contributed by atoms with E-state index in [1.807, 2.05) is 61.2 Å². The second-order valence-electron chi connectivity index (χ2n) is 14.5. The third kappa shape index (κ3) is 10.7. The number of sulfonamides is 1. The van der Waals surface area contributed by atoms with Gasteiger partial charge in [0.05, 0.1) is 24.2 Å². The summed E-state index contributed by atoms with van der Waals surface area (Å²) in [5, 5.41) is -0.146. The van der Waals surface area contributed by atoms with Gasteiger partial charge in [-0.1, -0.05) is 36.7 Å². The summed E-state index contributed by atoms with van der Waals surface area (Å²) in [6.45, 7) is 10.9. The maximum Gasteiger partial charge on any atom is 0.264 e. The topological polar surface area (TPSA) is 112 Å². The second-order valence-corrected chi connectivity index (χ2v) is 17.0. The molecule has 0 bridgehead atoms. The molecule has 5 rings (SSSR count). The zero-order valence-corrected chi connectivity index (χ0v) is 32.8. The summed E-state index contributed by atoms with van der Waals surface area (Å²) < 4.78 is 41.0. The number of ether oxygens (including phenoxy) is 2. The van der Waals surface area contributed by atoms with Crippen molar-refractivity contribution in [2.75, 3.05) is 78.0 Å². The number of likely N-dealkylation sites (N-methyl/N-ethyl adjacent to an activating group) is 1. The van der Waals surface area contributed by atoms with Crippen LogP contribution < -0.4 is 14.4 Å². The molecular formula is C39H56ClN5O6S. The zero-order chi connectivity index (χ0) is 37.3. The van der Waals surface area contributed by atoms with E-state index >= 15 is 0 Å². The molecule has 2 aromatic rings. The molecule has 0 aliphatic carbocycles. The molecular weight excluding hydrogens is 702 g/mol. The van der Waals surface area contributed by atoms with Crippen molar-refractivity contribution in [3.8, 4) is 5.75 Å². The summed E-state index contributed by atoms with van der Waals surface area (Å²) >= 11 is 6.26. The number of nitrogens with zero attached hydrogens (tertiary/aromatic N) is 4. The van der Waals surface area contributed by atoms with E-state index in [4.69, 9.17) is 21.1 Å². The Balaban J connectivity index is 1.20. The molecule has 2 amide bonds. The van der Waals surface area contributed by atoms with Crippen molar-refractivity contribution in [3.05, 3.63) is 70.3 Å². The molecule has 0 unspecified atom stereocenters. The van der Waals surface area contributed by atoms with Crippen LogP contribution in [0.2, 0.25) is 5.02 Å². The van der Waals surface area contributed by atoms with Gasteiger partial charge in [0.25, 0.3) is 5.91 Å². The molecule has 3 aliphatic heterocycles. The van der Waals surface area contributed by atoms with E-state index in [9.17, 15) is 18.0 Å². The number of aryl methyl sites for hydroxylation is 1. The SMILES string of the molecule is C[C@H]([C@@H](C)C/C=C/[C@H](C(=O)N(C)CCN1CCOCC1)N1CCCC1)S(=O)(=O)NC(=O)c1ccc2c(c1)N(C)CCCCc1cc(Cl)ccc1CO2. The lowest BCUT2D eigenvalue weighted by molar-refractivity contribution is -0.133. The van der Waals surface area contributed by atoms with Crippen LogP contribution in [-0.2, 0) is 32.6 Å². The van der Waals surface area contributed by atoms with E-state index in [-0.39, 0.29) is 23.4 Å². The van der Waals surface area contributed by atoms with Crippen molar-refractivity contribution in [1.29, 1.82) is 0 Å². The molecule has 1 N–H and O–H groups in total. The third-order valence-electron chi connectivity index (χ3n) is 10.7. The maximum atomic E-state index is 13.6. The van der Waals surface area contributed by atoms with Crippen molar-refractivity contribution < 1.29 is 27.5 Å². The van der Waals surface area contributed by atoms with Crippen LogP contribution in [0, 0.1) is 5.92 Å². The number of hydrogen-bond donors (Lipinski definition) is 1. The molecule has 2 saturated heterocycles. The Kier molecular flexibility index (Phi) is 14.4. The lowest BCUT2D eigenvalue weighted by Crippen LogP contribution is -2.48. The van der Waals surface area contributed by atoms with Crippen molar-refractivity contribution >= 4 is 39.1 Å². The highest BCUT2D eigenvalue weighted by Crippen LogP contribution is 2.32. The predicted molar refractivity (Wildman–Crippen MR) is 207 cm³/mol. The Hall–Kier alpha value is -3.16. The molecule has 0 spiro atoms. The number of carbonyl (C=O) groups is 2. The number of likely N-dealkylation sites (tertiary alicyclic amines) is 1. The average Bonchev–Trinajstić information content (AvgIpc) is 3.67. The van der Waals surface area contributed by atoms with Crippen molar-refractivity contribution in [2.24, 2.45) is 5.92 Å². The Labute approximate surface area is 315 Å². The quantitative estimate of drug-likeness (QED) is 0.300. The van der Waals surface area contributed by atoms with Gasteiger partial charge in [-0.15, -0.1) is 0 Å². The Morgan fingerprint density at radius 1 is 0.981 bits per heavy atom. The van der Waals surface area contributed by atoms with Gasteiger partial charge in [-0.3, -0.25) is 19.4 Å². The number of carbonyl (C=O) groups excluding carboxylic acids is 2. The van der Waals surface area contributed by atoms with Crippen LogP contribution >= 0.6 is 11.6 Å². The molecule has 3 heterocycles. The number of halogens is 1. The predicted octanol–water partition coefficient (Wildman–Crippen LogP) is 4.98. The molecule has 0 aromatic heterocycles. The van der Waals surface area contributed by atoms with E-state index in [0.29, 0.717) is 30.3 Å². The zero-order valence-electron chi connectivity index (χ0n) is 31.2. The van der Waals surface area contributed by atoms with Crippen LogP contribution in [0.3, 0.4) is 0 Å². The highest BCUT2D eigenvalue weighted by atomic mass is 35.5. The van der Waals surface area contributed by atoms with Gasteiger partial charge < -0.3 is 19.3 Å². The molecule has 0 radical (unpaired) electrons. The van der Waals surface area contributed by atoms with Crippen LogP contribution in [0.1, 0.15) is 67.4 Å². The van der Waals surface area contributed by atoms with Gasteiger partial charge in [-0.05, 0) is 106 Å². The number of allylic oxidation sites excluding steroid dienone is 1. The van der Waals surface area contributed by atoms with Crippen LogP contribution in [0.15, 0.2) is 48.6 Å². The number of morpholine rings is 1. The average molecular weight is 758 g/mol. The van der Waals surface area contributed by atoms with Crippen molar-refractivity contribution in [1.82, 2.24) is 19.4 Å². The molecule has 286 valence electrons.